The molecular formula is C16H30O2S3. The Bertz CT molecular complexity index is 244. The second-order valence-corrected chi connectivity index (χ2v) is 6.69. The van der Waals surface area contributed by atoms with Crippen LogP contribution in [0.4, 0.5) is 0 Å². The highest BCUT2D eigenvalue weighted by molar-refractivity contribution is 7.93. The van der Waals surface area contributed by atoms with E-state index in [9.17, 15) is 0 Å². The molecule has 0 N–H and O–H groups in total. The van der Waals surface area contributed by atoms with E-state index in [1.807, 2.05) is 0 Å². The van der Waals surface area contributed by atoms with Gasteiger partial charge >= 0.3 is 0 Å². The van der Waals surface area contributed by atoms with Gasteiger partial charge in [-0.15, -0.1) is 0 Å². The van der Waals surface area contributed by atoms with E-state index in [2.05, 4.69) is 13.8 Å². The lowest BCUT2D eigenvalue weighted by molar-refractivity contribution is 0.518. The number of rotatable bonds is 14. The van der Waals surface area contributed by atoms with Crippen LogP contribution in [0.25, 0.3) is 0 Å². The summed E-state index contributed by atoms with van der Waals surface area (Å²) in [6.07, 6.45) is 14.0. The summed E-state index contributed by atoms with van der Waals surface area (Å²) < 4.78 is 10.6. The van der Waals surface area contributed by atoms with E-state index in [0.717, 1.165) is 38.0 Å². The molecular weight excluding hydrogens is 320 g/mol. The van der Waals surface area contributed by atoms with Crippen molar-refractivity contribution in [2.24, 2.45) is 0 Å². The summed E-state index contributed by atoms with van der Waals surface area (Å²) in [5.74, 6) is 0. The monoisotopic (exact) mass is 350 g/mol. The highest BCUT2D eigenvalue weighted by Gasteiger charge is 2.03. The topological polar surface area (TPSA) is 18.5 Å². The Morgan fingerprint density at radius 1 is 0.667 bits per heavy atom. The van der Waals surface area contributed by atoms with Crippen LogP contribution in [0, 0.1) is 0 Å². The first-order valence-electron chi connectivity index (χ1n) is 8.27. The zero-order valence-electron chi connectivity index (χ0n) is 13.5. The molecule has 0 atom stereocenters. The van der Waals surface area contributed by atoms with E-state index in [0.29, 0.717) is 10.1 Å². The molecule has 0 aromatic rings. The van der Waals surface area contributed by atoms with Gasteiger partial charge < -0.3 is 8.37 Å². The minimum absolute atomic E-state index is 0.613. The average Bonchev–Trinajstić information content (AvgIpc) is 2.47. The quantitative estimate of drug-likeness (QED) is 0.191. The molecule has 0 bridgehead atoms. The van der Waals surface area contributed by atoms with Crippen LogP contribution < -0.4 is 0 Å². The van der Waals surface area contributed by atoms with Crippen molar-refractivity contribution in [3.63, 3.8) is 0 Å². The summed E-state index contributed by atoms with van der Waals surface area (Å²) in [6, 6.07) is 0. The first-order valence-corrected chi connectivity index (χ1v) is 9.75. The summed E-state index contributed by atoms with van der Waals surface area (Å²) in [5.41, 5.74) is 0. The summed E-state index contributed by atoms with van der Waals surface area (Å²) in [6.45, 7) is 4.43. The van der Waals surface area contributed by atoms with Crippen LogP contribution in [0.2, 0.25) is 0 Å². The predicted molar refractivity (Wildman–Crippen MR) is 102 cm³/mol. The van der Waals surface area contributed by atoms with Crippen molar-refractivity contribution in [1.82, 2.24) is 0 Å². The molecule has 2 nitrogen and oxygen atoms in total. The Kier molecular flexibility index (Phi) is 16.6. The van der Waals surface area contributed by atoms with E-state index in [-0.39, 0.29) is 0 Å². The molecule has 0 radical (unpaired) electrons. The molecule has 21 heavy (non-hydrogen) atoms. The Morgan fingerprint density at radius 3 is 1.43 bits per heavy atom. The predicted octanol–water partition coefficient (Wildman–Crippen LogP) is 6.96. The third kappa shape index (κ3) is 16.3. The smallest absolute Gasteiger partial charge is 0.294 e. The van der Waals surface area contributed by atoms with Crippen LogP contribution in [0.5, 0.6) is 0 Å². The van der Waals surface area contributed by atoms with Gasteiger partial charge in [-0.3, -0.25) is 0 Å². The molecule has 0 aromatic carbocycles. The van der Waals surface area contributed by atoms with Gasteiger partial charge in [0.15, 0.2) is 10.1 Å². The Labute approximate surface area is 146 Å². The van der Waals surface area contributed by atoms with Gasteiger partial charge in [0.25, 0.3) is 12.3 Å². The molecule has 0 amide bonds. The molecule has 5 heteroatoms. The minimum Gasteiger partial charge on any atom is -0.384 e. The van der Waals surface area contributed by atoms with Crippen molar-refractivity contribution in [1.29, 1.82) is 0 Å². The highest BCUT2D eigenvalue weighted by Crippen LogP contribution is 2.15. The van der Waals surface area contributed by atoms with Crippen molar-refractivity contribution >= 4 is 46.9 Å². The van der Waals surface area contributed by atoms with E-state index in [4.69, 9.17) is 32.8 Å². The van der Waals surface area contributed by atoms with Crippen molar-refractivity contribution in [2.75, 3.05) is 0 Å². The van der Waals surface area contributed by atoms with Crippen LogP contribution >= 0.6 is 36.8 Å². The van der Waals surface area contributed by atoms with Crippen molar-refractivity contribution in [2.45, 2.75) is 90.9 Å². The maximum atomic E-state index is 5.30. The number of hydrogen-bond acceptors (Lipinski definition) is 5. The normalized spacial score (nSPS) is 10.4. The summed E-state index contributed by atoms with van der Waals surface area (Å²) in [5, 5.41) is 1.23. The van der Waals surface area contributed by atoms with Crippen LogP contribution in [0.3, 0.4) is 0 Å². The van der Waals surface area contributed by atoms with Crippen LogP contribution in [-0.2, 0) is 8.37 Å². The fourth-order valence-corrected chi connectivity index (χ4v) is 2.73. The summed E-state index contributed by atoms with van der Waals surface area (Å²) >= 11 is 11.2. The molecule has 0 aliphatic rings. The van der Waals surface area contributed by atoms with E-state index >= 15 is 0 Å². The average molecular weight is 351 g/mol. The van der Waals surface area contributed by atoms with E-state index in [1.54, 1.807) is 0 Å². The molecule has 0 spiro atoms. The lowest BCUT2D eigenvalue weighted by Crippen LogP contribution is -2.00. The van der Waals surface area contributed by atoms with Gasteiger partial charge in [-0.25, -0.2) is 0 Å². The van der Waals surface area contributed by atoms with Crippen LogP contribution in [0.15, 0.2) is 0 Å². The largest absolute Gasteiger partial charge is 0.384 e. The lowest BCUT2D eigenvalue weighted by Gasteiger charge is -2.06. The van der Waals surface area contributed by atoms with Gasteiger partial charge in [0.2, 0.25) is 0 Å². The summed E-state index contributed by atoms with van der Waals surface area (Å²) in [4.78, 5) is 0. The third-order valence-corrected chi connectivity index (χ3v) is 4.55. The Morgan fingerprint density at radius 2 is 1.05 bits per heavy atom. The minimum atomic E-state index is 0.613. The van der Waals surface area contributed by atoms with E-state index < -0.39 is 0 Å². The molecule has 0 fully saturated rings. The first kappa shape index (κ1) is 21.1. The third-order valence-electron chi connectivity index (χ3n) is 3.22. The van der Waals surface area contributed by atoms with Crippen LogP contribution in [-0.4, -0.2) is 10.1 Å². The Balaban J connectivity index is 3.34. The van der Waals surface area contributed by atoms with Crippen LogP contribution in [0.1, 0.15) is 90.9 Å². The van der Waals surface area contributed by atoms with Crippen molar-refractivity contribution in [3.8, 4) is 0 Å². The summed E-state index contributed by atoms with van der Waals surface area (Å²) in [7, 11) is 0. The highest BCUT2D eigenvalue weighted by atomic mass is 32.2. The zero-order valence-corrected chi connectivity index (χ0v) is 16.0. The first-order chi connectivity index (χ1) is 10.2. The van der Waals surface area contributed by atoms with Gasteiger partial charge in [0, 0.05) is 12.8 Å². The van der Waals surface area contributed by atoms with Gasteiger partial charge in [-0.1, -0.05) is 65.2 Å². The number of thiocarbonyl (C=S) groups is 2. The maximum Gasteiger partial charge on any atom is 0.294 e. The lowest BCUT2D eigenvalue weighted by atomic mass is 10.1. The van der Waals surface area contributed by atoms with Gasteiger partial charge in [0.1, 0.15) is 0 Å². The SMILES string of the molecule is CCCCCCCC(=S)OSOC(=S)CCCCCCC. The van der Waals surface area contributed by atoms with Gasteiger partial charge in [0.05, 0.1) is 0 Å². The number of hydrogen-bond donors (Lipinski definition) is 0. The van der Waals surface area contributed by atoms with Gasteiger partial charge in [-0.2, -0.15) is 0 Å². The molecule has 0 saturated carbocycles. The fourth-order valence-electron chi connectivity index (χ4n) is 1.92. The van der Waals surface area contributed by atoms with Crippen molar-refractivity contribution in [3.05, 3.63) is 0 Å². The van der Waals surface area contributed by atoms with Gasteiger partial charge in [-0.05, 0) is 37.3 Å². The molecule has 0 aliphatic heterocycles. The maximum absolute atomic E-state index is 5.30. The zero-order chi connectivity index (χ0) is 15.8. The molecule has 124 valence electrons. The molecule has 0 aliphatic carbocycles. The van der Waals surface area contributed by atoms with E-state index in [1.165, 1.54) is 51.4 Å². The number of unbranched alkanes of at least 4 members (excludes halogenated alkanes) is 8. The molecule has 0 unspecified atom stereocenters. The fraction of sp³-hybridized carbons (Fsp3) is 0.875. The second-order valence-electron chi connectivity index (χ2n) is 5.31. The Hall–Kier alpha value is 0.130. The molecule has 0 aromatic heterocycles. The molecule has 0 rings (SSSR count). The molecule has 0 heterocycles. The molecule has 0 saturated heterocycles. The van der Waals surface area contributed by atoms with Crippen molar-refractivity contribution < 1.29 is 8.37 Å². The standard InChI is InChI=1S/C16H30O2S3/c1-3-5-7-9-11-13-15(19)17-21-18-16(20)14-12-10-8-6-4-2/h3-14H2,1-2H3. The second kappa shape index (κ2) is 16.5.